The second-order valence-corrected chi connectivity index (χ2v) is 5.29. The van der Waals surface area contributed by atoms with E-state index in [1.165, 1.54) is 0 Å². The van der Waals surface area contributed by atoms with Gasteiger partial charge in [-0.1, -0.05) is 0 Å². The third-order valence-corrected chi connectivity index (χ3v) is 4.00. The maximum Gasteiger partial charge on any atom is 0.406 e. The Bertz CT molecular complexity index is 406. The molecule has 2 heterocycles. The monoisotopic (exact) mass is 295 g/mol. The van der Waals surface area contributed by atoms with Gasteiger partial charge in [0.05, 0.1) is 12.5 Å². The lowest BCUT2D eigenvalue weighted by molar-refractivity contribution is -0.227. The normalized spacial score (nSPS) is 30.8. The van der Waals surface area contributed by atoms with E-state index in [0.717, 1.165) is 11.3 Å². The second-order valence-electron chi connectivity index (χ2n) is 5.29. The fourth-order valence-electron chi connectivity index (χ4n) is 2.68. The van der Waals surface area contributed by atoms with Gasteiger partial charge in [-0.15, -0.1) is 0 Å². The molecule has 5 nitrogen and oxygen atoms in total. The van der Waals surface area contributed by atoms with Crippen LogP contribution in [-0.4, -0.2) is 53.9 Å². The molecular weight excluding hydrogens is 279 g/mol. The third kappa shape index (κ3) is 2.61. The Balaban J connectivity index is 2.02. The van der Waals surface area contributed by atoms with E-state index >= 15 is 0 Å². The molecule has 0 bridgehead atoms. The molecule has 2 fully saturated rings. The van der Waals surface area contributed by atoms with Crippen molar-refractivity contribution in [2.45, 2.75) is 38.0 Å². The largest absolute Gasteiger partial charge is 0.481 e. The van der Waals surface area contributed by atoms with E-state index < -0.39 is 36.4 Å². The van der Waals surface area contributed by atoms with Crippen molar-refractivity contribution in [3.63, 3.8) is 0 Å². The van der Waals surface area contributed by atoms with E-state index in [1.54, 1.807) is 0 Å². The average molecular weight is 295 g/mol. The number of carboxylic acid groups (broad SMARTS) is 1. The van der Waals surface area contributed by atoms with Gasteiger partial charge in [0, 0.05) is 19.7 Å². The number of hydrogen-bond acceptors (Lipinski definition) is 3. The van der Waals surface area contributed by atoms with Crippen molar-refractivity contribution in [2.75, 3.05) is 19.7 Å². The van der Waals surface area contributed by atoms with Crippen LogP contribution < -0.4 is 0 Å². The summed E-state index contributed by atoms with van der Waals surface area (Å²) in [6.07, 6.45) is -4.15. The Morgan fingerprint density at radius 1 is 1.40 bits per heavy atom. The Labute approximate surface area is 113 Å². The van der Waals surface area contributed by atoms with Crippen molar-refractivity contribution in [2.24, 2.45) is 5.41 Å². The quantitative estimate of drug-likeness (QED) is 0.855. The van der Waals surface area contributed by atoms with E-state index in [0.29, 0.717) is 13.0 Å². The first-order chi connectivity index (χ1) is 9.26. The average Bonchev–Trinajstić information content (AvgIpc) is 2.96. The molecule has 20 heavy (non-hydrogen) atoms. The molecule has 8 heteroatoms. The van der Waals surface area contributed by atoms with Gasteiger partial charge >= 0.3 is 12.1 Å². The Morgan fingerprint density at radius 2 is 2.10 bits per heavy atom. The zero-order valence-electron chi connectivity index (χ0n) is 10.8. The lowest BCUT2D eigenvalue weighted by Gasteiger charge is -2.27. The number of nitrogens with zero attached hydrogens (tertiary/aromatic N) is 1. The van der Waals surface area contributed by atoms with E-state index in [1.807, 2.05) is 0 Å². The Hall–Kier alpha value is -1.31. The molecule has 2 aliphatic heterocycles. The summed E-state index contributed by atoms with van der Waals surface area (Å²) < 4.78 is 44.2. The Kier molecular flexibility index (Phi) is 3.95. The van der Waals surface area contributed by atoms with Crippen LogP contribution in [0.2, 0.25) is 0 Å². The molecule has 0 radical (unpaired) electrons. The number of alkyl halides is 3. The van der Waals surface area contributed by atoms with E-state index in [2.05, 4.69) is 0 Å². The molecular formula is C12H16F3NO4. The summed E-state index contributed by atoms with van der Waals surface area (Å²) in [5.74, 6) is -2.39. The molecule has 0 aromatic carbocycles. The molecule has 2 atom stereocenters. The number of amides is 1. The minimum absolute atomic E-state index is 0.0214. The number of carboxylic acids is 1. The van der Waals surface area contributed by atoms with Crippen LogP contribution in [0.5, 0.6) is 0 Å². The summed E-state index contributed by atoms with van der Waals surface area (Å²) in [4.78, 5) is 23.9. The van der Waals surface area contributed by atoms with Gasteiger partial charge in [-0.3, -0.25) is 9.59 Å². The highest BCUT2D eigenvalue weighted by atomic mass is 19.4. The standard InChI is InChI=1S/C12H16F3NO4/c13-12(14,15)11(10(18)19)3-4-16(7-11)9(17)6-8-2-1-5-20-8/h8H,1-7H2,(H,18,19). The second kappa shape index (κ2) is 5.23. The molecule has 0 spiro atoms. The van der Waals surface area contributed by atoms with Gasteiger partial charge in [-0.05, 0) is 19.3 Å². The number of aliphatic carboxylic acids is 1. The first-order valence-corrected chi connectivity index (χ1v) is 6.46. The third-order valence-electron chi connectivity index (χ3n) is 4.00. The minimum Gasteiger partial charge on any atom is -0.481 e. The predicted octanol–water partition coefficient (Wildman–Crippen LogP) is 1.42. The first kappa shape index (κ1) is 15.1. The van der Waals surface area contributed by atoms with Crippen LogP contribution >= 0.6 is 0 Å². The zero-order valence-corrected chi connectivity index (χ0v) is 10.8. The first-order valence-electron chi connectivity index (χ1n) is 6.46. The number of carbonyl (C=O) groups is 2. The van der Waals surface area contributed by atoms with Crippen molar-refractivity contribution in [1.29, 1.82) is 0 Å². The van der Waals surface area contributed by atoms with Crippen LogP contribution in [0, 0.1) is 5.41 Å². The van der Waals surface area contributed by atoms with Crippen LogP contribution in [-0.2, 0) is 14.3 Å². The van der Waals surface area contributed by atoms with Crippen LogP contribution in [0.1, 0.15) is 25.7 Å². The lowest BCUT2D eigenvalue weighted by atomic mass is 9.86. The van der Waals surface area contributed by atoms with Crippen LogP contribution in [0.25, 0.3) is 0 Å². The number of carbonyl (C=O) groups excluding carboxylic acids is 1. The highest BCUT2D eigenvalue weighted by molar-refractivity contribution is 5.81. The number of hydrogen-bond donors (Lipinski definition) is 1. The van der Waals surface area contributed by atoms with Gasteiger partial charge in [0.2, 0.25) is 5.91 Å². The van der Waals surface area contributed by atoms with E-state index in [9.17, 15) is 22.8 Å². The van der Waals surface area contributed by atoms with E-state index in [-0.39, 0.29) is 19.1 Å². The van der Waals surface area contributed by atoms with Gasteiger partial charge in [-0.2, -0.15) is 13.2 Å². The minimum atomic E-state index is -4.86. The highest BCUT2D eigenvalue weighted by Gasteiger charge is 2.64. The summed E-state index contributed by atoms with van der Waals surface area (Å²) in [6.45, 7) is -0.436. The van der Waals surface area contributed by atoms with Crippen molar-refractivity contribution in [3.05, 3.63) is 0 Å². The fourth-order valence-corrected chi connectivity index (χ4v) is 2.68. The fraction of sp³-hybridized carbons (Fsp3) is 0.833. The van der Waals surface area contributed by atoms with Gasteiger partial charge in [0.15, 0.2) is 5.41 Å². The number of rotatable bonds is 3. The topological polar surface area (TPSA) is 66.8 Å². The summed E-state index contributed by atoms with van der Waals surface area (Å²) in [6, 6.07) is 0. The molecule has 0 aromatic heterocycles. The van der Waals surface area contributed by atoms with E-state index in [4.69, 9.17) is 9.84 Å². The molecule has 1 N–H and O–H groups in total. The highest BCUT2D eigenvalue weighted by Crippen LogP contribution is 2.45. The summed E-state index contributed by atoms with van der Waals surface area (Å²) in [5.41, 5.74) is -2.83. The molecule has 2 saturated heterocycles. The summed E-state index contributed by atoms with van der Waals surface area (Å²) in [7, 11) is 0. The van der Waals surface area contributed by atoms with Gasteiger partial charge in [0.25, 0.3) is 0 Å². The summed E-state index contributed by atoms with van der Waals surface area (Å²) in [5, 5.41) is 8.90. The van der Waals surface area contributed by atoms with Crippen molar-refractivity contribution >= 4 is 11.9 Å². The van der Waals surface area contributed by atoms with Crippen LogP contribution in [0.4, 0.5) is 13.2 Å². The maximum atomic E-state index is 13.0. The molecule has 2 aliphatic rings. The molecule has 0 aliphatic carbocycles. The molecule has 2 unspecified atom stereocenters. The predicted molar refractivity (Wildman–Crippen MR) is 60.9 cm³/mol. The van der Waals surface area contributed by atoms with Crippen molar-refractivity contribution in [1.82, 2.24) is 4.90 Å². The zero-order chi connectivity index (χ0) is 15.0. The molecule has 1 amide bonds. The number of ether oxygens (including phenoxy) is 1. The Morgan fingerprint density at radius 3 is 2.55 bits per heavy atom. The molecule has 114 valence electrons. The lowest BCUT2D eigenvalue weighted by Crippen LogP contribution is -2.48. The molecule has 0 saturated carbocycles. The van der Waals surface area contributed by atoms with Gasteiger partial charge in [-0.25, -0.2) is 0 Å². The van der Waals surface area contributed by atoms with Crippen LogP contribution in [0.3, 0.4) is 0 Å². The smallest absolute Gasteiger partial charge is 0.406 e. The number of halogens is 3. The van der Waals surface area contributed by atoms with Gasteiger partial charge < -0.3 is 14.7 Å². The molecule has 2 rings (SSSR count). The van der Waals surface area contributed by atoms with Crippen molar-refractivity contribution < 1.29 is 32.6 Å². The van der Waals surface area contributed by atoms with Crippen LogP contribution in [0.15, 0.2) is 0 Å². The molecule has 0 aromatic rings. The SMILES string of the molecule is O=C(CC1CCCO1)N1CCC(C(=O)O)(C(F)(F)F)C1. The number of likely N-dealkylation sites (tertiary alicyclic amines) is 1. The maximum absolute atomic E-state index is 13.0. The summed E-state index contributed by atoms with van der Waals surface area (Å²) >= 11 is 0. The van der Waals surface area contributed by atoms with Gasteiger partial charge in [0.1, 0.15) is 0 Å². The van der Waals surface area contributed by atoms with Crippen molar-refractivity contribution in [3.8, 4) is 0 Å².